The van der Waals surface area contributed by atoms with E-state index in [4.69, 9.17) is 5.11 Å². The summed E-state index contributed by atoms with van der Waals surface area (Å²) in [6, 6.07) is 7.58. The number of aliphatic hydroxyl groups excluding tert-OH is 1. The first-order chi connectivity index (χ1) is 7.69. The van der Waals surface area contributed by atoms with Gasteiger partial charge in [-0.3, -0.25) is 4.79 Å². The molecule has 0 heterocycles. The predicted molar refractivity (Wildman–Crippen MR) is 65.8 cm³/mol. The maximum Gasteiger partial charge on any atom is 0.162 e. The molecule has 0 aliphatic heterocycles. The standard InChI is InChI=1S/C14H20O2/c1-3-4-5-14(16)13-8-6-12(7-9-13)11(2)10-15/h6-9,11,15H,3-5,10H2,1-2H3. The van der Waals surface area contributed by atoms with Gasteiger partial charge < -0.3 is 5.11 Å². The lowest BCUT2D eigenvalue weighted by Gasteiger charge is -2.08. The van der Waals surface area contributed by atoms with Crippen LogP contribution in [0.5, 0.6) is 0 Å². The molecule has 1 N–H and O–H groups in total. The number of rotatable bonds is 6. The Bertz CT molecular complexity index is 327. The van der Waals surface area contributed by atoms with Crippen molar-refractivity contribution >= 4 is 5.78 Å². The molecule has 0 amide bonds. The minimum atomic E-state index is 0.139. The number of Topliss-reactive ketones (excluding diaryl/α,β-unsaturated/α-hetero) is 1. The third-order valence-electron chi connectivity index (χ3n) is 2.83. The Morgan fingerprint density at radius 3 is 2.44 bits per heavy atom. The highest BCUT2D eigenvalue weighted by molar-refractivity contribution is 5.96. The fraction of sp³-hybridized carbons (Fsp3) is 0.500. The van der Waals surface area contributed by atoms with Crippen LogP contribution < -0.4 is 0 Å². The molecular formula is C14H20O2. The van der Waals surface area contributed by atoms with Crippen molar-refractivity contribution in [2.45, 2.75) is 39.0 Å². The van der Waals surface area contributed by atoms with Gasteiger partial charge in [-0.1, -0.05) is 44.5 Å². The molecule has 0 spiro atoms. The summed E-state index contributed by atoms with van der Waals surface area (Å²) in [6.07, 6.45) is 2.63. The molecule has 1 rings (SSSR count). The fourth-order valence-electron chi connectivity index (χ4n) is 1.58. The number of ketones is 1. The molecule has 1 aromatic rings. The van der Waals surface area contributed by atoms with E-state index >= 15 is 0 Å². The molecule has 0 saturated carbocycles. The van der Waals surface area contributed by atoms with Crippen LogP contribution >= 0.6 is 0 Å². The van der Waals surface area contributed by atoms with E-state index < -0.39 is 0 Å². The van der Waals surface area contributed by atoms with Gasteiger partial charge in [0.1, 0.15) is 0 Å². The van der Waals surface area contributed by atoms with Crippen LogP contribution in [-0.4, -0.2) is 17.5 Å². The summed E-state index contributed by atoms with van der Waals surface area (Å²) in [5.41, 5.74) is 1.86. The molecule has 16 heavy (non-hydrogen) atoms. The van der Waals surface area contributed by atoms with Crippen molar-refractivity contribution in [2.24, 2.45) is 0 Å². The highest BCUT2D eigenvalue weighted by Gasteiger charge is 2.07. The number of hydrogen-bond acceptors (Lipinski definition) is 2. The molecule has 0 bridgehead atoms. The van der Waals surface area contributed by atoms with Crippen LogP contribution in [0.1, 0.15) is 54.9 Å². The van der Waals surface area contributed by atoms with E-state index in [0.29, 0.717) is 6.42 Å². The Morgan fingerprint density at radius 2 is 1.94 bits per heavy atom. The van der Waals surface area contributed by atoms with Crippen LogP contribution in [0.4, 0.5) is 0 Å². The summed E-state index contributed by atoms with van der Waals surface area (Å²) in [4.78, 5) is 11.7. The van der Waals surface area contributed by atoms with Gasteiger partial charge in [-0.15, -0.1) is 0 Å². The normalized spacial score (nSPS) is 12.4. The maximum absolute atomic E-state index is 11.7. The van der Waals surface area contributed by atoms with Gasteiger partial charge in [-0.25, -0.2) is 0 Å². The lowest BCUT2D eigenvalue weighted by molar-refractivity contribution is 0.0980. The second-order valence-corrected chi connectivity index (χ2v) is 4.23. The van der Waals surface area contributed by atoms with Crippen LogP contribution in [0.2, 0.25) is 0 Å². The van der Waals surface area contributed by atoms with Crippen LogP contribution in [0.3, 0.4) is 0 Å². The number of unbranched alkanes of at least 4 members (excludes halogenated alkanes) is 1. The number of carbonyl (C=O) groups excluding carboxylic acids is 1. The van der Waals surface area contributed by atoms with Crippen LogP contribution in [0, 0.1) is 0 Å². The van der Waals surface area contributed by atoms with Crippen molar-refractivity contribution in [1.82, 2.24) is 0 Å². The summed E-state index contributed by atoms with van der Waals surface area (Å²) in [6.45, 7) is 4.19. The molecule has 0 fully saturated rings. The molecule has 0 saturated heterocycles. The predicted octanol–water partition coefficient (Wildman–Crippen LogP) is 3.16. The zero-order chi connectivity index (χ0) is 12.0. The average molecular weight is 220 g/mol. The largest absolute Gasteiger partial charge is 0.396 e. The van der Waals surface area contributed by atoms with E-state index in [1.807, 2.05) is 31.2 Å². The first kappa shape index (κ1) is 12.9. The lowest BCUT2D eigenvalue weighted by atomic mass is 9.98. The molecular weight excluding hydrogens is 200 g/mol. The third kappa shape index (κ3) is 3.46. The third-order valence-corrected chi connectivity index (χ3v) is 2.83. The van der Waals surface area contributed by atoms with Gasteiger partial charge in [-0.05, 0) is 12.0 Å². The number of carbonyl (C=O) groups is 1. The lowest BCUT2D eigenvalue weighted by Crippen LogP contribution is -2.02. The van der Waals surface area contributed by atoms with Gasteiger partial charge in [0.25, 0.3) is 0 Å². The molecule has 1 unspecified atom stereocenters. The number of hydrogen-bond donors (Lipinski definition) is 1. The van der Waals surface area contributed by atoms with E-state index in [9.17, 15) is 4.79 Å². The summed E-state index contributed by atoms with van der Waals surface area (Å²) in [5, 5.41) is 9.02. The number of aliphatic hydroxyl groups is 1. The molecule has 88 valence electrons. The first-order valence-electron chi connectivity index (χ1n) is 5.93. The second-order valence-electron chi connectivity index (χ2n) is 4.23. The van der Waals surface area contributed by atoms with E-state index in [1.54, 1.807) is 0 Å². The summed E-state index contributed by atoms with van der Waals surface area (Å²) in [7, 11) is 0. The zero-order valence-corrected chi connectivity index (χ0v) is 10.1. The van der Waals surface area contributed by atoms with Crippen LogP contribution in [0.15, 0.2) is 24.3 Å². The van der Waals surface area contributed by atoms with Gasteiger partial charge in [0.2, 0.25) is 0 Å². The Morgan fingerprint density at radius 1 is 1.31 bits per heavy atom. The van der Waals surface area contributed by atoms with Crippen molar-refractivity contribution in [3.8, 4) is 0 Å². The first-order valence-corrected chi connectivity index (χ1v) is 5.93. The average Bonchev–Trinajstić information content (AvgIpc) is 2.35. The SMILES string of the molecule is CCCCC(=O)c1ccc(C(C)CO)cc1. The molecule has 0 aromatic heterocycles. The van der Waals surface area contributed by atoms with Gasteiger partial charge in [0.05, 0.1) is 0 Å². The monoisotopic (exact) mass is 220 g/mol. The van der Waals surface area contributed by atoms with Crippen molar-refractivity contribution in [2.75, 3.05) is 6.61 Å². The van der Waals surface area contributed by atoms with Gasteiger partial charge in [-0.2, -0.15) is 0 Å². The van der Waals surface area contributed by atoms with Crippen LogP contribution in [-0.2, 0) is 0 Å². The quantitative estimate of drug-likeness (QED) is 0.748. The molecule has 2 nitrogen and oxygen atoms in total. The zero-order valence-electron chi connectivity index (χ0n) is 10.1. The summed E-state index contributed by atoms with van der Waals surface area (Å²) < 4.78 is 0. The highest BCUT2D eigenvalue weighted by atomic mass is 16.3. The van der Waals surface area contributed by atoms with Crippen LogP contribution in [0.25, 0.3) is 0 Å². The van der Waals surface area contributed by atoms with Crippen molar-refractivity contribution in [3.05, 3.63) is 35.4 Å². The molecule has 0 aliphatic rings. The smallest absolute Gasteiger partial charge is 0.162 e. The van der Waals surface area contributed by atoms with Gasteiger partial charge in [0.15, 0.2) is 5.78 Å². The van der Waals surface area contributed by atoms with Gasteiger partial charge in [0, 0.05) is 24.5 Å². The summed E-state index contributed by atoms with van der Waals surface area (Å²) >= 11 is 0. The van der Waals surface area contributed by atoms with Gasteiger partial charge >= 0.3 is 0 Å². The van der Waals surface area contributed by atoms with Crippen molar-refractivity contribution < 1.29 is 9.90 Å². The molecule has 2 heteroatoms. The second kappa shape index (κ2) is 6.44. The molecule has 1 aromatic carbocycles. The minimum Gasteiger partial charge on any atom is -0.396 e. The molecule has 0 radical (unpaired) electrons. The Balaban J connectivity index is 2.67. The van der Waals surface area contributed by atoms with Crippen molar-refractivity contribution in [1.29, 1.82) is 0 Å². The number of benzene rings is 1. The Kier molecular flexibility index (Phi) is 5.20. The van der Waals surface area contributed by atoms with Crippen molar-refractivity contribution in [3.63, 3.8) is 0 Å². The van der Waals surface area contributed by atoms with E-state index in [2.05, 4.69) is 6.92 Å². The topological polar surface area (TPSA) is 37.3 Å². The molecule has 1 atom stereocenters. The minimum absolute atomic E-state index is 0.139. The van der Waals surface area contributed by atoms with E-state index in [0.717, 1.165) is 24.0 Å². The Hall–Kier alpha value is -1.15. The maximum atomic E-state index is 11.7. The van der Waals surface area contributed by atoms with E-state index in [-0.39, 0.29) is 18.3 Å². The summed E-state index contributed by atoms with van der Waals surface area (Å²) in [5.74, 6) is 0.352. The fourth-order valence-corrected chi connectivity index (χ4v) is 1.58. The van der Waals surface area contributed by atoms with E-state index in [1.165, 1.54) is 0 Å². The Labute approximate surface area is 97.3 Å². The highest BCUT2D eigenvalue weighted by Crippen LogP contribution is 2.16. The molecule has 0 aliphatic carbocycles.